The molecule has 0 aliphatic heterocycles. The molecule has 1 rings (SSSR count). The second kappa shape index (κ2) is 3.50. The minimum absolute atomic E-state index is 0.836. The van der Waals surface area contributed by atoms with Gasteiger partial charge < -0.3 is 9.63 Å². The van der Waals surface area contributed by atoms with Crippen molar-refractivity contribution in [2.75, 3.05) is 7.05 Å². The fraction of sp³-hybridized carbons (Fsp3) is 0.400. The van der Waals surface area contributed by atoms with Gasteiger partial charge in [-0.2, -0.15) is 13.6 Å². The third-order valence-corrected chi connectivity index (χ3v) is 2.29. The van der Waals surface area contributed by atoms with E-state index >= 15 is 0 Å². The molecule has 1 nitrogen and oxygen atoms in total. The van der Waals surface area contributed by atoms with Crippen molar-refractivity contribution in [3.8, 4) is 0 Å². The molecule has 1 aromatic carbocycles. The van der Waals surface area contributed by atoms with Gasteiger partial charge in [-0.05, 0) is 13.0 Å². The number of rotatable bonds is 2. The maximum Gasteiger partial charge on any atom is 0.183 e. The van der Waals surface area contributed by atoms with Gasteiger partial charge in [0.2, 0.25) is 0 Å². The smallest absolute Gasteiger partial charge is 0.183 e. The highest BCUT2D eigenvalue weighted by Crippen LogP contribution is 2.10. The lowest BCUT2D eigenvalue weighted by atomic mass is 9.42. The van der Waals surface area contributed by atoms with Gasteiger partial charge in [0.1, 0.15) is 0 Å². The number of quaternary nitrogens is 1. The molecule has 0 spiro atoms. The molecule has 1 aromatic rings. The lowest BCUT2D eigenvalue weighted by Gasteiger charge is -2.23. The summed E-state index contributed by atoms with van der Waals surface area (Å²) in [4.78, 5) is 0. The minimum atomic E-state index is -1.89. The second-order valence-electron chi connectivity index (χ2n) is 4.12. The van der Waals surface area contributed by atoms with Crippen molar-refractivity contribution in [2.45, 2.75) is 20.6 Å². The predicted octanol–water partition coefficient (Wildman–Crippen LogP) is 1.20. The van der Waals surface area contributed by atoms with Crippen LogP contribution in [0.25, 0.3) is 0 Å². The van der Waals surface area contributed by atoms with Gasteiger partial charge in [0, 0.05) is 0 Å². The van der Waals surface area contributed by atoms with Crippen LogP contribution in [0.5, 0.6) is 0 Å². The lowest BCUT2D eigenvalue weighted by Crippen LogP contribution is -2.75. The summed E-state index contributed by atoms with van der Waals surface area (Å²) in [6.07, 6.45) is -1.89. The number of hydrogen-bond donors (Lipinski definition) is 1. The summed E-state index contributed by atoms with van der Waals surface area (Å²) in [6, 6.07) is 5.93. The van der Waals surface area contributed by atoms with Crippen molar-refractivity contribution in [1.29, 1.82) is 0 Å². The largest absolute Gasteiger partial charge is 0.511 e. The van der Waals surface area contributed by atoms with Crippen LogP contribution in [0.2, 0.25) is 13.6 Å². The average molecular weight is 181 g/mol. The minimum Gasteiger partial charge on any atom is -0.511 e. The number of benzene rings is 1. The lowest BCUT2D eigenvalue weighted by molar-refractivity contribution is -0.538. The van der Waals surface area contributed by atoms with Gasteiger partial charge in [-0.15, -0.1) is 5.46 Å². The van der Waals surface area contributed by atoms with E-state index in [4.69, 9.17) is 0 Å². The Morgan fingerprint density at radius 2 is 1.92 bits per heavy atom. The van der Waals surface area contributed by atoms with Crippen LogP contribution in [0.3, 0.4) is 0 Å². The first-order chi connectivity index (χ1) is 5.95. The number of aryl methyl sites for hydroxylation is 1. The zero-order valence-electron chi connectivity index (χ0n) is 8.76. The third kappa shape index (κ3) is 2.31. The van der Waals surface area contributed by atoms with E-state index in [1.165, 1.54) is 0 Å². The number of halogens is 1. The molecule has 0 unspecified atom stereocenters. The van der Waals surface area contributed by atoms with E-state index in [1.54, 1.807) is 13.6 Å². The van der Waals surface area contributed by atoms with E-state index in [2.05, 4.69) is 0 Å². The molecule has 13 heavy (non-hydrogen) atoms. The second-order valence-corrected chi connectivity index (χ2v) is 4.12. The summed E-state index contributed by atoms with van der Waals surface area (Å²) in [6.45, 7) is 5.30. The SMILES string of the molecule is C[NH2+]c1ccc(C)cc1[B-](C)(C)F. The molecule has 0 aliphatic rings. The molecule has 0 amide bonds. The van der Waals surface area contributed by atoms with E-state index in [0.717, 1.165) is 16.7 Å². The van der Waals surface area contributed by atoms with Crippen LogP contribution in [-0.2, 0) is 0 Å². The summed E-state index contributed by atoms with van der Waals surface area (Å²) in [7, 11) is 1.94. The van der Waals surface area contributed by atoms with Crippen LogP contribution in [0.1, 0.15) is 5.56 Å². The molecule has 0 atom stereocenters. The molecule has 0 fully saturated rings. The van der Waals surface area contributed by atoms with Gasteiger partial charge in [0.05, 0.1) is 12.7 Å². The Morgan fingerprint density at radius 1 is 1.31 bits per heavy atom. The first-order valence-corrected chi connectivity index (χ1v) is 4.77. The normalized spacial score (nSPS) is 11.8. The molecule has 0 aliphatic carbocycles. The summed E-state index contributed by atoms with van der Waals surface area (Å²) in [5.41, 5.74) is 2.97. The van der Waals surface area contributed by atoms with Crippen LogP contribution >= 0.6 is 0 Å². The van der Waals surface area contributed by atoms with E-state index in [1.807, 2.05) is 37.5 Å². The first-order valence-electron chi connectivity index (χ1n) is 4.77. The van der Waals surface area contributed by atoms with Gasteiger partial charge >= 0.3 is 0 Å². The Morgan fingerprint density at radius 3 is 2.38 bits per heavy atom. The summed E-state index contributed by atoms with van der Waals surface area (Å²) in [5.74, 6) is 0. The van der Waals surface area contributed by atoms with Crippen molar-refractivity contribution in [2.24, 2.45) is 0 Å². The molecule has 0 saturated carbocycles. The monoisotopic (exact) mass is 181 g/mol. The summed E-state index contributed by atoms with van der Waals surface area (Å²) >= 11 is 0. The van der Waals surface area contributed by atoms with Gasteiger partial charge in [-0.1, -0.05) is 17.7 Å². The predicted molar refractivity (Wildman–Crippen MR) is 56.9 cm³/mol. The first kappa shape index (κ1) is 10.3. The molecule has 0 bridgehead atoms. The Labute approximate surface area is 79.3 Å². The highest BCUT2D eigenvalue weighted by molar-refractivity contribution is 6.84. The standard InChI is InChI=1S/C10H16BFN/c1-8-5-6-10(13-4)9(7-8)11(2,3)12/h5-7,13H,1-4H3/q-1/p+1. The van der Waals surface area contributed by atoms with Crippen molar-refractivity contribution in [3.63, 3.8) is 0 Å². The molecule has 0 aromatic heterocycles. The van der Waals surface area contributed by atoms with Crippen molar-refractivity contribution >= 4 is 17.6 Å². The van der Waals surface area contributed by atoms with Gasteiger partial charge in [-0.3, -0.25) is 0 Å². The van der Waals surface area contributed by atoms with Crippen molar-refractivity contribution < 1.29 is 9.63 Å². The summed E-state index contributed by atoms with van der Waals surface area (Å²) in [5, 5.41) is 1.96. The highest BCUT2D eigenvalue weighted by Gasteiger charge is 2.18. The maximum atomic E-state index is 13.8. The van der Waals surface area contributed by atoms with Crippen molar-refractivity contribution in [3.05, 3.63) is 23.8 Å². The quantitative estimate of drug-likeness (QED) is 0.521. The van der Waals surface area contributed by atoms with Crippen LogP contribution < -0.4 is 10.8 Å². The fourth-order valence-electron chi connectivity index (χ4n) is 1.55. The molecular weight excluding hydrogens is 164 g/mol. The number of hydrogen-bond acceptors (Lipinski definition) is 0. The Balaban J connectivity index is 3.24. The van der Waals surface area contributed by atoms with Gasteiger partial charge in [0.25, 0.3) is 0 Å². The van der Waals surface area contributed by atoms with Crippen LogP contribution in [-0.4, -0.2) is 13.5 Å². The Bertz CT molecular complexity index is 304. The van der Waals surface area contributed by atoms with E-state index in [-0.39, 0.29) is 0 Å². The third-order valence-electron chi connectivity index (χ3n) is 2.29. The molecule has 3 heteroatoms. The molecular formula is C10H17BFN. The van der Waals surface area contributed by atoms with Gasteiger partial charge in [0.15, 0.2) is 6.42 Å². The zero-order valence-corrected chi connectivity index (χ0v) is 8.76. The fourth-order valence-corrected chi connectivity index (χ4v) is 1.55. The Hall–Kier alpha value is -0.825. The van der Waals surface area contributed by atoms with Crippen LogP contribution in [0.4, 0.5) is 10.0 Å². The topological polar surface area (TPSA) is 16.6 Å². The number of nitrogens with two attached hydrogens (primary N) is 1. The van der Waals surface area contributed by atoms with Gasteiger partial charge in [-0.25, -0.2) is 0 Å². The average Bonchev–Trinajstić information content (AvgIpc) is 2.03. The molecule has 0 saturated heterocycles. The van der Waals surface area contributed by atoms with E-state index in [0.29, 0.717) is 0 Å². The summed E-state index contributed by atoms with van der Waals surface area (Å²) < 4.78 is 13.8. The van der Waals surface area contributed by atoms with Crippen LogP contribution in [0, 0.1) is 6.92 Å². The molecule has 0 heterocycles. The van der Waals surface area contributed by atoms with E-state index in [9.17, 15) is 4.32 Å². The van der Waals surface area contributed by atoms with E-state index < -0.39 is 6.42 Å². The molecule has 72 valence electrons. The molecule has 0 radical (unpaired) electrons. The molecule has 2 N–H and O–H groups in total. The Kier molecular flexibility index (Phi) is 2.76. The van der Waals surface area contributed by atoms with Crippen molar-refractivity contribution in [1.82, 2.24) is 0 Å². The maximum absolute atomic E-state index is 13.8. The zero-order chi connectivity index (χ0) is 10.1. The van der Waals surface area contributed by atoms with Crippen LogP contribution in [0.15, 0.2) is 18.2 Å². The highest BCUT2D eigenvalue weighted by atomic mass is 19.1.